The molecule has 1 saturated carbocycles. The first-order valence-corrected chi connectivity index (χ1v) is 8.99. The number of carbonyl (C=O) groups is 2. The van der Waals surface area contributed by atoms with Gasteiger partial charge in [-0.1, -0.05) is 0 Å². The topological polar surface area (TPSA) is 91.6 Å². The molecular formula is C18H20FN5O3. The van der Waals surface area contributed by atoms with Gasteiger partial charge in [0, 0.05) is 30.7 Å². The van der Waals surface area contributed by atoms with Gasteiger partial charge < -0.3 is 14.9 Å². The van der Waals surface area contributed by atoms with Crippen molar-refractivity contribution in [2.75, 3.05) is 13.1 Å². The minimum Gasteiger partial charge on any atom is -0.465 e. The average Bonchev–Trinajstić information content (AvgIpc) is 3.34. The SMILES string of the molecule is O=C(O)N1CCC(N(C(=O)c2ccc(-n3cncn3)c(F)c2)C2CC2)CC1. The number of carboxylic acid groups (broad SMARTS) is 1. The molecule has 1 aromatic heterocycles. The highest BCUT2D eigenvalue weighted by atomic mass is 19.1. The fraction of sp³-hybridized carbons (Fsp3) is 0.444. The quantitative estimate of drug-likeness (QED) is 0.887. The van der Waals surface area contributed by atoms with Crippen LogP contribution in [0.25, 0.3) is 5.69 Å². The number of nitrogens with zero attached hydrogens (tertiary/aromatic N) is 5. The van der Waals surface area contributed by atoms with Gasteiger partial charge in [0.05, 0.1) is 0 Å². The maximum absolute atomic E-state index is 14.5. The van der Waals surface area contributed by atoms with E-state index in [0.29, 0.717) is 31.5 Å². The van der Waals surface area contributed by atoms with Crippen LogP contribution in [0.2, 0.25) is 0 Å². The third kappa shape index (κ3) is 3.49. The van der Waals surface area contributed by atoms with Crippen molar-refractivity contribution >= 4 is 12.0 Å². The van der Waals surface area contributed by atoms with Crippen molar-refractivity contribution < 1.29 is 19.1 Å². The summed E-state index contributed by atoms with van der Waals surface area (Å²) in [4.78, 5) is 31.2. The molecule has 2 fully saturated rings. The zero-order chi connectivity index (χ0) is 19.0. The number of rotatable bonds is 4. The lowest BCUT2D eigenvalue weighted by Crippen LogP contribution is -2.49. The Morgan fingerprint density at radius 3 is 2.41 bits per heavy atom. The second-order valence-electron chi connectivity index (χ2n) is 6.95. The zero-order valence-corrected chi connectivity index (χ0v) is 14.7. The maximum Gasteiger partial charge on any atom is 0.407 e. The summed E-state index contributed by atoms with van der Waals surface area (Å²) in [6.45, 7) is 0.826. The van der Waals surface area contributed by atoms with E-state index in [0.717, 1.165) is 12.8 Å². The molecule has 8 nitrogen and oxygen atoms in total. The minimum absolute atomic E-state index is 0.0151. The first-order valence-electron chi connectivity index (χ1n) is 8.99. The summed E-state index contributed by atoms with van der Waals surface area (Å²) in [5.41, 5.74) is 0.528. The van der Waals surface area contributed by atoms with Crippen molar-refractivity contribution in [2.24, 2.45) is 0 Å². The number of benzene rings is 1. The first-order chi connectivity index (χ1) is 13.0. The van der Waals surface area contributed by atoms with E-state index < -0.39 is 11.9 Å². The molecule has 142 valence electrons. The Balaban J connectivity index is 1.53. The summed E-state index contributed by atoms with van der Waals surface area (Å²) in [7, 11) is 0. The molecule has 2 amide bonds. The Morgan fingerprint density at radius 1 is 1.15 bits per heavy atom. The second-order valence-corrected chi connectivity index (χ2v) is 6.95. The van der Waals surface area contributed by atoms with Gasteiger partial charge in [0.15, 0.2) is 0 Å². The molecule has 4 rings (SSSR count). The van der Waals surface area contributed by atoms with Gasteiger partial charge in [-0.25, -0.2) is 18.9 Å². The van der Waals surface area contributed by atoms with E-state index in [9.17, 15) is 14.0 Å². The Morgan fingerprint density at radius 2 is 1.85 bits per heavy atom. The lowest BCUT2D eigenvalue weighted by atomic mass is 10.0. The monoisotopic (exact) mass is 373 g/mol. The summed E-state index contributed by atoms with van der Waals surface area (Å²) in [5.74, 6) is -0.738. The number of piperidine rings is 1. The first kappa shape index (κ1) is 17.4. The summed E-state index contributed by atoms with van der Waals surface area (Å²) >= 11 is 0. The van der Waals surface area contributed by atoms with Crippen LogP contribution in [0.15, 0.2) is 30.9 Å². The standard InChI is InChI=1S/C18H20FN5O3/c19-15-9-12(1-4-16(15)23-11-20-10-21-23)17(25)24(13-2-3-13)14-5-7-22(8-6-14)18(26)27/h1,4,9-11,13-14H,2-3,5-8H2,(H,26,27). The molecule has 1 aromatic carbocycles. The zero-order valence-electron chi connectivity index (χ0n) is 14.7. The molecule has 2 heterocycles. The number of likely N-dealkylation sites (tertiary alicyclic amines) is 1. The molecule has 9 heteroatoms. The van der Waals surface area contributed by atoms with Gasteiger partial charge in [-0.15, -0.1) is 0 Å². The van der Waals surface area contributed by atoms with E-state index in [1.807, 2.05) is 4.90 Å². The van der Waals surface area contributed by atoms with Crippen LogP contribution < -0.4 is 0 Å². The minimum atomic E-state index is -0.927. The van der Waals surface area contributed by atoms with E-state index in [1.54, 1.807) is 6.07 Å². The highest BCUT2D eigenvalue weighted by Crippen LogP contribution is 2.33. The molecule has 0 atom stereocenters. The Hall–Kier alpha value is -2.97. The van der Waals surface area contributed by atoms with Crippen molar-refractivity contribution in [1.29, 1.82) is 0 Å². The van der Waals surface area contributed by atoms with Crippen LogP contribution in [-0.2, 0) is 0 Å². The van der Waals surface area contributed by atoms with Crippen molar-refractivity contribution in [3.05, 3.63) is 42.2 Å². The molecule has 0 unspecified atom stereocenters. The molecular weight excluding hydrogens is 353 g/mol. The maximum atomic E-state index is 14.5. The third-order valence-corrected chi connectivity index (χ3v) is 5.16. The van der Waals surface area contributed by atoms with Crippen molar-refractivity contribution in [2.45, 2.75) is 37.8 Å². The number of hydrogen-bond acceptors (Lipinski definition) is 4. The number of carbonyl (C=O) groups excluding carboxylic acids is 1. The van der Waals surface area contributed by atoms with Gasteiger partial charge in [0.25, 0.3) is 5.91 Å². The Kier molecular flexibility index (Phi) is 4.51. The molecule has 2 aromatic rings. The van der Waals surface area contributed by atoms with E-state index in [4.69, 9.17) is 5.11 Å². The van der Waals surface area contributed by atoms with Gasteiger partial charge in [0.2, 0.25) is 0 Å². The normalized spacial score (nSPS) is 17.7. The third-order valence-electron chi connectivity index (χ3n) is 5.16. The molecule has 0 spiro atoms. The summed E-state index contributed by atoms with van der Waals surface area (Å²) in [6.07, 6.45) is 4.86. The smallest absolute Gasteiger partial charge is 0.407 e. The number of halogens is 1. The van der Waals surface area contributed by atoms with Crippen molar-refractivity contribution in [1.82, 2.24) is 24.6 Å². The van der Waals surface area contributed by atoms with Gasteiger partial charge in [-0.2, -0.15) is 5.10 Å². The summed E-state index contributed by atoms with van der Waals surface area (Å²) in [6, 6.07) is 4.51. The van der Waals surface area contributed by atoms with Gasteiger partial charge >= 0.3 is 6.09 Å². The van der Waals surface area contributed by atoms with Crippen LogP contribution in [0, 0.1) is 5.82 Å². The van der Waals surface area contributed by atoms with Crippen molar-refractivity contribution in [3.63, 3.8) is 0 Å². The van der Waals surface area contributed by atoms with Crippen LogP contribution in [-0.4, -0.2) is 66.8 Å². The number of amides is 2. The molecule has 1 N–H and O–H groups in total. The van der Waals surface area contributed by atoms with Crippen LogP contribution in [0.1, 0.15) is 36.0 Å². The lowest BCUT2D eigenvalue weighted by molar-refractivity contribution is 0.0550. The fourth-order valence-electron chi connectivity index (χ4n) is 3.63. The highest BCUT2D eigenvalue weighted by molar-refractivity contribution is 5.95. The molecule has 1 saturated heterocycles. The van der Waals surface area contributed by atoms with E-state index in [1.165, 1.54) is 34.4 Å². The fourth-order valence-corrected chi connectivity index (χ4v) is 3.63. The van der Waals surface area contributed by atoms with Gasteiger partial charge in [0.1, 0.15) is 24.2 Å². The molecule has 2 aliphatic rings. The molecule has 1 aliphatic carbocycles. The van der Waals surface area contributed by atoms with Crippen molar-refractivity contribution in [3.8, 4) is 5.69 Å². The number of aromatic nitrogens is 3. The summed E-state index contributed by atoms with van der Waals surface area (Å²) < 4.78 is 15.8. The predicted molar refractivity (Wildman–Crippen MR) is 93.1 cm³/mol. The average molecular weight is 373 g/mol. The predicted octanol–water partition coefficient (Wildman–Crippen LogP) is 2.15. The lowest BCUT2D eigenvalue weighted by Gasteiger charge is -2.38. The molecule has 1 aliphatic heterocycles. The van der Waals surface area contributed by atoms with Crippen LogP contribution in [0.5, 0.6) is 0 Å². The molecule has 0 radical (unpaired) electrons. The highest BCUT2D eigenvalue weighted by Gasteiger charge is 2.39. The van der Waals surface area contributed by atoms with Crippen LogP contribution in [0.3, 0.4) is 0 Å². The largest absolute Gasteiger partial charge is 0.465 e. The second kappa shape index (κ2) is 6.98. The van der Waals surface area contributed by atoms with E-state index in [2.05, 4.69) is 10.1 Å². The number of hydrogen-bond donors (Lipinski definition) is 1. The van der Waals surface area contributed by atoms with E-state index in [-0.39, 0.29) is 23.7 Å². The van der Waals surface area contributed by atoms with Crippen LogP contribution >= 0.6 is 0 Å². The Bertz CT molecular complexity index is 845. The Labute approximate surface area is 155 Å². The molecule has 27 heavy (non-hydrogen) atoms. The van der Waals surface area contributed by atoms with Gasteiger partial charge in [-0.05, 0) is 43.9 Å². The summed E-state index contributed by atoms with van der Waals surface area (Å²) in [5, 5.41) is 13.0. The van der Waals surface area contributed by atoms with Gasteiger partial charge in [-0.3, -0.25) is 4.79 Å². The van der Waals surface area contributed by atoms with Crippen LogP contribution in [0.4, 0.5) is 9.18 Å². The van der Waals surface area contributed by atoms with E-state index >= 15 is 0 Å². The molecule has 0 bridgehead atoms.